The first-order valence-electron chi connectivity index (χ1n) is 7.33. The summed E-state index contributed by atoms with van der Waals surface area (Å²) in [6.07, 6.45) is 6.73. The average molecular weight is 302 g/mol. The van der Waals surface area contributed by atoms with Gasteiger partial charge in [-0.3, -0.25) is 0 Å². The van der Waals surface area contributed by atoms with Gasteiger partial charge in [-0.15, -0.1) is 6.58 Å². The maximum atomic E-state index is 10.2. The number of hydrogen-bond donors (Lipinski definition) is 4. The Labute approximate surface area is 130 Å². The standard InChI is InChI=1S/C18H22O4/c1-2-3-12-4-6-17(21)15(9-12)16-10-13(5-7-18(16)22)8-14(20)11-19/h2,4-7,9-10,14-15,17,19-22H,1,3,8,11H2/t14-,15?,17?/m1/s1. The van der Waals surface area contributed by atoms with Gasteiger partial charge in [0.05, 0.1) is 18.8 Å². The zero-order valence-electron chi connectivity index (χ0n) is 12.4. The number of aliphatic hydroxyl groups is 3. The SMILES string of the molecule is C=CCC1=CC(c2cc(C[C@@H](O)CO)ccc2O)C(O)C=C1. The summed E-state index contributed by atoms with van der Waals surface area (Å²) in [5, 5.41) is 38.8. The van der Waals surface area contributed by atoms with Gasteiger partial charge in [-0.05, 0) is 23.6 Å². The van der Waals surface area contributed by atoms with Crippen LogP contribution in [0.15, 0.2) is 54.7 Å². The number of phenols is 1. The van der Waals surface area contributed by atoms with Crippen LogP contribution in [-0.4, -0.2) is 39.2 Å². The summed E-state index contributed by atoms with van der Waals surface area (Å²) < 4.78 is 0. The highest BCUT2D eigenvalue weighted by atomic mass is 16.3. The van der Waals surface area contributed by atoms with Crippen LogP contribution in [0.3, 0.4) is 0 Å². The van der Waals surface area contributed by atoms with Crippen molar-refractivity contribution in [3.05, 3.63) is 65.8 Å². The van der Waals surface area contributed by atoms with Gasteiger partial charge in [-0.2, -0.15) is 0 Å². The summed E-state index contributed by atoms with van der Waals surface area (Å²) in [6, 6.07) is 5.03. The average Bonchev–Trinajstić information content (AvgIpc) is 2.51. The molecule has 1 aliphatic carbocycles. The second-order valence-corrected chi connectivity index (χ2v) is 5.54. The van der Waals surface area contributed by atoms with Crippen molar-refractivity contribution in [2.24, 2.45) is 0 Å². The Kier molecular flexibility index (Phi) is 5.55. The molecule has 0 amide bonds. The first kappa shape index (κ1) is 16.5. The summed E-state index contributed by atoms with van der Waals surface area (Å²) in [4.78, 5) is 0. The lowest BCUT2D eigenvalue weighted by atomic mass is 9.85. The lowest BCUT2D eigenvalue weighted by Crippen LogP contribution is -2.19. The first-order valence-corrected chi connectivity index (χ1v) is 7.33. The van der Waals surface area contributed by atoms with E-state index in [-0.39, 0.29) is 18.3 Å². The predicted molar refractivity (Wildman–Crippen MR) is 85.7 cm³/mol. The van der Waals surface area contributed by atoms with Crippen molar-refractivity contribution in [3.63, 3.8) is 0 Å². The van der Waals surface area contributed by atoms with E-state index in [9.17, 15) is 15.3 Å². The molecule has 1 aromatic rings. The Bertz CT molecular complexity index is 589. The number of hydrogen-bond acceptors (Lipinski definition) is 4. The monoisotopic (exact) mass is 302 g/mol. The quantitative estimate of drug-likeness (QED) is 0.604. The van der Waals surface area contributed by atoms with Gasteiger partial charge in [0.15, 0.2) is 0 Å². The minimum absolute atomic E-state index is 0.107. The maximum Gasteiger partial charge on any atom is 0.119 e. The van der Waals surface area contributed by atoms with Gasteiger partial charge in [0.2, 0.25) is 0 Å². The van der Waals surface area contributed by atoms with Crippen LogP contribution in [0.1, 0.15) is 23.5 Å². The molecule has 0 bridgehead atoms. The van der Waals surface area contributed by atoms with Crippen LogP contribution in [0.25, 0.3) is 0 Å². The summed E-state index contributed by atoms with van der Waals surface area (Å²) in [6.45, 7) is 3.40. The van der Waals surface area contributed by atoms with Crippen molar-refractivity contribution in [3.8, 4) is 5.75 Å². The third-order valence-electron chi connectivity index (χ3n) is 3.78. The lowest BCUT2D eigenvalue weighted by Gasteiger charge is -2.24. The molecular weight excluding hydrogens is 280 g/mol. The summed E-state index contributed by atoms with van der Waals surface area (Å²) in [5.74, 6) is -0.234. The van der Waals surface area contributed by atoms with Crippen molar-refractivity contribution in [2.75, 3.05) is 6.61 Å². The van der Waals surface area contributed by atoms with Crippen LogP contribution in [0, 0.1) is 0 Å². The molecule has 0 spiro atoms. The zero-order chi connectivity index (χ0) is 16.1. The largest absolute Gasteiger partial charge is 0.508 e. The molecule has 1 aliphatic rings. The Morgan fingerprint density at radius 2 is 2.09 bits per heavy atom. The highest BCUT2D eigenvalue weighted by Crippen LogP contribution is 2.34. The summed E-state index contributed by atoms with van der Waals surface area (Å²) >= 11 is 0. The molecule has 4 N–H and O–H groups in total. The van der Waals surface area contributed by atoms with Crippen molar-refractivity contribution in [1.82, 2.24) is 0 Å². The van der Waals surface area contributed by atoms with Crippen molar-refractivity contribution < 1.29 is 20.4 Å². The van der Waals surface area contributed by atoms with Crippen LogP contribution in [0.4, 0.5) is 0 Å². The Morgan fingerprint density at radius 3 is 2.77 bits per heavy atom. The Balaban J connectivity index is 2.31. The molecule has 0 radical (unpaired) electrons. The molecule has 0 saturated heterocycles. The zero-order valence-corrected chi connectivity index (χ0v) is 12.4. The number of phenolic OH excluding ortho intramolecular Hbond substituents is 1. The number of aromatic hydroxyl groups is 1. The fraction of sp³-hybridized carbons (Fsp3) is 0.333. The van der Waals surface area contributed by atoms with E-state index in [2.05, 4.69) is 6.58 Å². The highest BCUT2D eigenvalue weighted by Gasteiger charge is 2.23. The molecule has 0 saturated carbocycles. The normalized spacial score (nSPS) is 22.2. The number of allylic oxidation sites excluding steroid dienone is 3. The molecule has 1 aromatic carbocycles. The molecule has 0 aromatic heterocycles. The van der Waals surface area contributed by atoms with Gasteiger partial charge >= 0.3 is 0 Å². The number of benzene rings is 1. The fourth-order valence-corrected chi connectivity index (χ4v) is 2.64. The second-order valence-electron chi connectivity index (χ2n) is 5.54. The minimum atomic E-state index is -0.833. The first-order chi connectivity index (χ1) is 10.5. The van der Waals surface area contributed by atoms with Crippen molar-refractivity contribution >= 4 is 0 Å². The topological polar surface area (TPSA) is 80.9 Å². The smallest absolute Gasteiger partial charge is 0.119 e. The summed E-state index contributed by atoms with van der Waals surface area (Å²) in [7, 11) is 0. The minimum Gasteiger partial charge on any atom is -0.508 e. The molecule has 4 nitrogen and oxygen atoms in total. The van der Waals surface area contributed by atoms with E-state index in [1.807, 2.05) is 12.2 Å². The molecule has 0 fully saturated rings. The van der Waals surface area contributed by atoms with Crippen LogP contribution in [0.2, 0.25) is 0 Å². The van der Waals surface area contributed by atoms with Gasteiger partial charge in [0, 0.05) is 17.9 Å². The van der Waals surface area contributed by atoms with Crippen LogP contribution < -0.4 is 0 Å². The lowest BCUT2D eigenvalue weighted by molar-refractivity contribution is 0.0954. The molecular formula is C18H22O4. The Hall–Kier alpha value is -1.88. The molecule has 0 heterocycles. The molecule has 118 valence electrons. The van der Waals surface area contributed by atoms with Gasteiger partial charge < -0.3 is 20.4 Å². The number of rotatable bonds is 6. The van der Waals surface area contributed by atoms with Gasteiger partial charge in [-0.25, -0.2) is 0 Å². The molecule has 4 heteroatoms. The van der Waals surface area contributed by atoms with E-state index in [1.54, 1.807) is 30.4 Å². The molecule has 3 atom stereocenters. The highest BCUT2D eigenvalue weighted by molar-refractivity contribution is 5.45. The van der Waals surface area contributed by atoms with Crippen molar-refractivity contribution in [1.29, 1.82) is 0 Å². The summed E-state index contributed by atoms with van der Waals surface area (Å²) in [5.41, 5.74) is 2.45. The number of aliphatic hydroxyl groups excluding tert-OH is 3. The molecule has 0 aliphatic heterocycles. The van der Waals surface area contributed by atoms with Crippen LogP contribution >= 0.6 is 0 Å². The maximum absolute atomic E-state index is 10.2. The van der Waals surface area contributed by atoms with Gasteiger partial charge in [0.25, 0.3) is 0 Å². The molecule has 2 rings (SSSR count). The molecule has 22 heavy (non-hydrogen) atoms. The second kappa shape index (κ2) is 7.40. The van der Waals surface area contributed by atoms with E-state index in [4.69, 9.17) is 5.11 Å². The predicted octanol–water partition coefficient (Wildman–Crippen LogP) is 1.80. The van der Waals surface area contributed by atoms with Gasteiger partial charge in [0.1, 0.15) is 5.75 Å². The fourth-order valence-electron chi connectivity index (χ4n) is 2.64. The van der Waals surface area contributed by atoms with Gasteiger partial charge in [-0.1, -0.05) is 36.4 Å². The van der Waals surface area contributed by atoms with Crippen LogP contribution in [-0.2, 0) is 6.42 Å². The van der Waals surface area contributed by atoms with E-state index < -0.39 is 12.2 Å². The van der Waals surface area contributed by atoms with Crippen molar-refractivity contribution in [2.45, 2.75) is 31.0 Å². The third kappa shape index (κ3) is 3.85. The van der Waals surface area contributed by atoms with E-state index in [0.717, 1.165) is 11.1 Å². The van der Waals surface area contributed by atoms with E-state index in [0.29, 0.717) is 18.4 Å². The van der Waals surface area contributed by atoms with Crippen LogP contribution in [0.5, 0.6) is 5.75 Å². The van der Waals surface area contributed by atoms with E-state index >= 15 is 0 Å². The Morgan fingerprint density at radius 1 is 1.32 bits per heavy atom. The van der Waals surface area contributed by atoms with E-state index in [1.165, 1.54) is 0 Å². The third-order valence-corrected chi connectivity index (χ3v) is 3.78. The molecule has 2 unspecified atom stereocenters.